The minimum absolute atomic E-state index is 0.852. The zero-order valence-electron chi connectivity index (χ0n) is 16.5. The van der Waals surface area contributed by atoms with Gasteiger partial charge in [0.15, 0.2) is 0 Å². The maximum Gasteiger partial charge on any atom is 0.131 e. The first-order valence-electron chi connectivity index (χ1n) is 9.46. The molecule has 0 saturated heterocycles. The van der Waals surface area contributed by atoms with Crippen LogP contribution in [-0.2, 0) is 0 Å². The lowest BCUT2D eigenvalue weighted by Crippen LogP contribution is -2.25. The van der Waals surface area contributed by atoms with Gasteiger partial charge in [0, 0.05) is 35.8 Å². The molecular formula is C22H31NO2S. The van der Waals surface area contributed by atoms with Crippen LogP contribution in [-0.4, -0.2) is 27.3 Å². The van der Waals surface area contributed by atoms with Crippen LogP contribution in [0.5, 0.6) is 11.5 Å². The lowest BCUT2D eigenvalue weighted by molar-refractivity contribution is 0.392. The minimum Gasteiger partial charge on any atom is -0.496 e. The third kappa shape index (κ3) is 5.53. The predicted octanol–water partition coefficient (Wildman–Crippen LogP) is 6.34. The minimum atomic E-state index is 0.852. The summed E-state index contributed by atoms with van der Waals surface area (Å²) in [5, 5.41) is 2.08. The number of anilines is 1. The summed E-state index contributed by atoms with van der Waals surface area (Å²) in [6.45, 7) is 6.59. The monoisotopic (exact) mass is 373 g/mol. The number of ether oxygens (including phenoxy) is 2. The molecule has 3 nitrogen and oxygen atoms in total. The van der Waals surface area contributed by atoms with E-state index in [0.29, 0.717) is 0 Å². The number of rotatable bonds is 11. The van der Waals surface area contributed by atoms with E-state index in [1.807, 2.05) is 0 Å². The van der Waals surface area contributed by atoms with Crippen LogP contribution in [0.3, 0.4) is 0 Å². The molecule has 1 aromatic carbocycles. The van der Waals surface area contributed by atoms with Gasteiger partial charge in [0.1, 0.15) is 11.5 Å². The molecule has 1 heterocycles. The Kier molecular flexibility index (Phi) is 8.56. The summed E-state index contributed by atoms with van der Waals surface area (Å²) in [5.74, 6) is 1.70. The second-order valence-electron chi connectivity index (χ2n) is 6.31. The van der Waals surface area contributed by atoms with Gasteiger partial charge in [-0.25, -0.2) is 0 Å². The second-order valence-corrected chi connectivity index (χ2v) is 7.29. The second kappa shape index (κ2) is 10.9. The highest BCUT2D eigenvalue weighted by Gasteiger charge is 2.14. The summed E-state index contributed by atoms with van der Waals surface area (Å²) >= 11 is 1.72. The van der Waals surface area contributed by atoms with Gasteiger partial charge in [-0.1, -0.05) is 32.8 Å². The lowest BCUT2D eigenvalue weighted by Gasteiger charge is -2.26. The van der Waals surface area contributed by atoms with Crippen molar-refractivity contribution in [3.05, 3.63) is 40.1 Å². The van der Waals surface area contributed by atoms with Gasteiger partial charge in [-0.05, 0) is 36.4 Å². The van der Waals surface area contributed by atoms with Crippen LogP contribution in [0.1, 0.15) is 50.0 Å². The number of thiophene rings is 1. The number of hydrogen-bond donors (Lipinski definition) is 0. The quantitative estimate of drug-likeness (QED) is 0.458. The maximum absolute atomic E-state index is 5.70. The molecule has 0 atom stereocenters. The zero-order chi connectivity index (χ0) is 18.8. The van der Waals surface area contributed by atoms with Gasteiger partial charge in [0.25, 0.3) is 0 Å². The summed E-state index contributed by atoms with van der Waals surface area (Å²) in [5.41, 5.74) is 2.16. The largest absolute Gasteiger partial charge is 0.496 e. The van der Waals surface area contributed by atoms with E-state index in [0.717, 1.165) is 30.2 Å². The summed E-state index contributed by atoms with van der Waals surface area (Å²) in [7, 11) is 3.45. The van der Waals surface area contributed by atoms with Crippen LogP contribution in [0.2, 0.25) is 0 Å². The van der Waals surface area contributed by atoms with E-state index in [9.17, 15) is 0 Å². The molecule has 0 unspecified atom stereocenters. The Morgan fingerprint density at radius 3 is 2.04 bits per heavy atom. The van der Waals surface area contributed by atoms with Gasteiger partial charge in [0.2, 0.25) is 0 Å². The third-order valence-electron chi connectivity index (χ3n) is 4.41. The van der Waals surface area contributed by atoms with Crippen molar-refractivity contribution in [2.75, 3.05) is 32.2 Å². The number of benzene rings is 1. The van der Waals surface area contributed by atoms with E-state index in [2.05, 4.69) is 60.5 Å². The van der Waals surface area contributed by atoms with Crippen LogP contribution in [0.4, 0.5) is 5.69 Å². The molecule has 0 amide bonds. The lowest BCUT2D eigenvalue weighted by atomic mass is 10.1. The Labute approximate surface area is 162 Å². The van der Waals surface area contributed by atoms with Crippen LogP contribution in [0.15, 0.2) is 29.6 Å². The number of nitrogens with zero attached hydrogens (tertiary/aromatic N) is 1. The molecule has 142 valence electrons. The first kappa shape index (κ1) is 20.4. The number of hydrogen-bond acceptors (Lipinski definition) is 4. The molecule has 0 N–H and O–H groups in total. The molecule has 0 aliphatic carbocycles. The van der Waals surface area contributed by atoms with E-state index in [1.54, 1.807) is 25.6 Å². The van der Waals surface area contributed by atoms with Crippen molar-refractivity contribution in [1.82, 2.24) is 0 Å². The molecule has 26 heavy (non-hydrogen) atoms. The molecule has 0 radical (unpaired) electrons. The fraction of sp³-hybridized carbons (Fsp3) is 0.455. The Bertz CT molecular complexity index is 646. The third-order valence-corrected chi connectivity index (χ3v) is 5.25. The van der Waals surface area contributed by atoms with Gasteiger partial charge >= 0.3 is 0 Å². The van der Waals surface area contributed by atoms with E-state index >= 15 is 0 Å². The van der Waals surface area contributed by atoms with Crippen molar-refractivity contribution in [3.8, 4) is 11.5 Å². The normalized spacial score (nSPS) is 11.1. The fourth-order valence-electron chi connectivity index (χ4n) is 2.89. The standard InChI is InChI=1S/C22H31NO2S/c1-5-7-13-23(14-8-6-2)18-16-21(24-3)20(22(17-18)25-4)12-11-19-10-9-15-26-19/h9-12,15-17H,5-8,13-14H2,1-4H3. The van der Waals surface area contributed by atoms with Crippen molar-refractivity contribution in [1.29, 1.82) is 0 Å². The van der Waals surface area contributed by atoms with Gasteiger partial charge in [0.05, 0.1) is 19.8 Å². The van der Waals surface area contributed by atoms with Gasteiger partial charge in [-0.15, -0.1) is 11.3 Å². The molecular weight excluding hydrogens is 342 g/mol. The van der Waals surface area contributed by atoms with Gasteiger partial charge in [-0.3, -0.25) is 0 Å². The predicted molar refractivity (Wildman–Crippen MR) is 115 cm³/mol. The summed E-state index contributed by atoms with van der Waals surface area (Å²) in [6, 6.07) is 8.44. The molecule has 4 heteroatoms. The van der Waals surface area contributed by atoms with E-state index < -0.39 is 0 Å². The molecule has 1 aromatic heterocycles. The summed E-state index contributed by atoms with van der Waals surface area (Å²) in [4.78, 5) is 3.66. The fourth-order valence-corrected chi connectivity index (χ4v) is 3.51. The molecule has 0 spiro atoms. The first-order valence-corrected chi connectivity index (χ1v) is 10.3. The smallest absolute Gasteiger partial charge is 0.131 e. The average Bonchev–Trinajstić information content (AvgIpc) is 3.19. The Balaban J connectivity index is 2.36. The highest BCUT2D eigenvalue weighted by Crippen LogP contribution is 2.36. The number of unbranched alkanes of at least 4 members (excludes halogenated alkanes) is 2. The molecule has 2 aromatic rings. The molecule has 0 aliphatic rings. The first-order chi connectivity index (χ1) is 12.7. The molecule has 0 aliphatic heterocycles. The van der Waals surface area contributed by atoms with Crippen molar-refractivity contribution in [2.45, 2.75) is 39.5 Å². The zero-order valence-corrected chi connectivity index (χ0v) is 17.3. The van der Waals surface area contributed by atoms with Crippen LogP contribution >= 0.6 is 11.3 Å². The van der Waals surface area contributed by atoms with Crippen LogP contribution < -0.4 is 14.4 Å². The summed E-state index contributed by atoms with van der Waals surface area (Å²) < 4.78 is 11.4. The van der Waals surface area contributed by atoms with Crippen molar-refractivity contribution < 1.29 is 9.47 Å². The van der Waals surface area contributed by atoms with E-state index in [1.165, 1.54) is 36.2 Å². The Morgan fingerprint density at radius 1 is 0.962 bits per heavy atom. The van der Waals surface area contributed by atoms with Crippen molar-refractivity contribution in [3.63, 3.8) is 0 Å². The molecule has 2 rings (SSSR count). The van der Waals surface area contributed by atoms with Crippen molar-refractivity contribution >= 4 is 29.2 Å². The van der Waals surface area contributed by atoms with Crippen molar-refractivity contribution in [2.24, 2.45) is 0 Å². The van der Waals surface area contributed by atoms with Gasteiger partial charge in [-0.2, -0.15) is 0 Å². The topological polar surface area (TPSA) is 21.7 Å². The van der Waals surface area contributed by atoms with Crippen LogP contribution in [0.25, 0.3) is 12.2 Å². The maximum atomic E-state index is 5.70. The molecule has 0 bridgehead atoms. The highest BCUT2D eigenvalue weighted by atomic mass is 32.1. The van der Waals surface area contributed by atoms with Gasteiger partial charge < -0.3 is 14.4 Å². The Hall–Kier alpha value is -1.94. The van der Waals surface area contributed by atoms with E-state index in [4.69, 9.17) is 9.47 Å². The molecule has 0 fully saturated rings. The van der Waals surface area contributed by atoms with Crippen LogP contribution in [0, 0.1) is 0 Å². The SMILES string of the molecule is CCCCN(CCCC)c1cc(OC)c(C=Cc2cccs2)c(OC)c1. The molecule has 0 saturated carbocycles. The highest BCUT2D eigenvalue weighted by molar-refractivity contribution is 7.10. The summed E-state index contributed by atoms with van der Waals surface area (Å²) in [6.07, 6.45) is 8.95. The number of methoxy groups -OCH3 is 2. The van der Waals surface area contributed by atoms with E-state index in [-0.39, 0.29) is 0 Å². The Morgan fingerprint density at radius 2 is 1.58 bits per heavy atom. The average molecular weight is 374 g/mol.